The molecule has 0 aliphatic carbocycles. The Morgan fingerprint density at radius 2 is 1.74 bits per heavy atom. The van der Waals surface area contributed by atoms with Crippen LogP contribution in [-0.2, 0) is 4.79 Å². The van der Waals surface area contributed by atoms with Crippen LogP contribution in [0.2, 0.25) is 0 Å². The van der Waals surface area contributed by atoms with E-state index >= 15 is 0 Å². The number of hydrogen-bond acceptors (Lipinski definition) is 3. The van der Waals surface area contributed by atoms with E-state index in [-0.39, 0.29) is 11.8 Å². The maximum Gasteiger partial charge on any atom is 0.232 e. The van der Waals surface area contributed by atoms with Gasteiger partial charge in [-0.3, -0.25) is 4.79 Å². The zero-order valence-electron chi connectivity index (χ0n) is 12.9. The number of amides is 1. The highest BCUT2D eigenvalue weighted by Gasteiger charge is 2.19. The lowest BCUT2D eigenvalue weighted by Gasteiger charge is -2.14. The highest BCUT2D eigenvalue weighted by Crippen LogP contribution is 2.27. The number of anilines is 1. The number of carbonyl (C=O) groups excluding carboxylic acids is 1. The highest BCUT2D eigenvalue weighted by atomic mass is 32.1. The van der Waals surface area contributed by atoms with Crippen molar-refractivity contribution in [3.63, 3.8) is 0 Å². The summed E-state index contributed by atoms with van der Waals surface area (Å²) in [6.45, 7) is 2.03. The van der Waals surface area contributed by atoms with E-state index in [1.807, 2.05) is 73.7 Å². The molecule has 3 aromatic rings. The molecule has 1 amide bonds. The second kappa shape index (κ2) is 7.20. The maximum absolute atomic E-state index is 12.6. The van der Waals surface area contributed by atoms with Crippen LogP contribution in [0.25, 0.3) is 11.3 Å². The van der Waals surface area contributed by atoms with Crippen LogP contribution in [-0.4, -0.2) is 10.3 Å². The predicted octanol–water partition coefficient (Wildman–Crippen LogP) is 4.94. The van der Waals surface area contributed by atoms with E-state index in [0.29, 0.717) is 0 Å². The first kappa shape index (κ1) is 15.4. The summed E-state index contributed by atoms with van der Waals surface area (Å²) < 4.78 is 4.42. The van der Waals surface area contributed by atoms with E-state index < -0.39 is 0 Å². The van der Waals surface area contributed by atoms with E-state index in [2.05, 4.69) is 9.69 Å². The molecule has 1 heterocycles. The van der Waals surface area contributed by atoms with Gasteiger partial charge in [0.15, 0.2) is 0 Å². The third kappa shape index (κ3) is 3.66. The van der Waals surface area contributed by atoms with Crippen molar-refractivity contribution >= 4 is 22.4 Å². The average Bonchev–Trinajstić information content (AvgIpc) is 3.06. The number of carbonyl (C=O) groups is 1. The normalized spacial score (nSPS) is 11.9. The lowest BCUT2D eigenvalue weighted by atomic mass is 9.96. The van der Waals surface area contributed by atoms with Crippen molar-refractivity contribution in [2.75, 3.05) is 5.32 Å². The molecule has 0 aliphatic rings. The van der Waals surface area contributed by atoms with E-state index in [4.69, 9.17) is 0 Å². The van der Waals surface area contributed by atoms with Gasteiger partial charge >= 0.3 is 0 Å². The highest BCUT2D eigenvalue weighted by molar-refractivity contribution is 7.10. The number of rotatable bonds is 5. The molecule has 0 saturated heterocycles. The number of aromatic nitrogens is 1. The zero-order valence-corrected chi connectivity index (χ0v) is 13.7. The first-order valence-electron chi connectivity index (χ1n) is 7.66. The van der Waals surface area contributed by atoms with Crippen molar-refractivity contribution < 1.29 is 4.79 Å². The molecule has 1 atom stereocenters. The van der Waals surface area contributed by atoms with Gasteiger partial charge in [-0.15, -0.1) is 0 Å². The maximum atomic E-state index is 12.6. The van der Waals surface area contributed by atoms with Gasteiger partial charge < -0.3 is 5.32 Å². The van der Waals surface area contributed by atoms with Gasteiger partial charge in [0, 0.05) is 11.6 Å². The fraction of sp³-hybridized carbons (Fsp3) is 0.158. The largest absolute Gasteiger partial charge is 0.316 e. The van der Waals surface area contributed by atoms with Gasteiger partial charge in [-0.25, -0.2) is 0 Å². The van der Waals surface area contributed by atoms with Crippen LogP contribution in [0.15, 0.2) is 66.7 Å². The molecule has 3 nitrogen and oxygen atoms in total. The molecule has 4 heteroatoms. The van der Waals surface area contributed by atoms with Crippen molar-refractivity contribution in [1.82, 2.24) is 4.37 Å². The molecule has 116 valence electrons. The topological polar surface area (TPSA) is 42.0 Å². The molecule has 23 heavy (non-hydrogen) atoms. The predicted molar refractivity (Wildman–Crippen MR) is 95.7 cm³/mol. The van der Waals surface area contributed by atoms with Crippen LogP contribution in [0.5, 0.6) is 0 Å². The standard InChI is InChI=1S/C19H18N2OS/c1-2-16(14-9-5-3-6-10-14)19(22)20-18-13-17(21-23-18)15-11-7-4-8-12-15/h3-13,16H,2H2,1H3,(H,20,22). The number of benzene rings is 2. The third-order valence-corrected chi connectivity index (χ3v) is 4.46. The Hall–Kier alpha value is -2.46. The summed E-state index contributed by atoms with van der Waals surface area (Å²) in [5.74, 6) is -0.125. The second-order valence-corrected chi connectivity index (χ2v) is 6.11. The third-order valence-electron chi connectivity index (χ3n) is 3.75. The Labute approximate surface area is 140 Å². The fourth-order valence-electron chi connectivity index (χ4n) is 2.55. The molecule has 0 spiro atoms. The van der Waals surface area contributed by atoms with E-state index in [0.717, 1.165) is 28.2 Å². The minimum Gasteiger partial charge on any atom is -0.316 e. The van der Waals surface area contributed by atoms with Crippen molar-refractivity contribution in [3.05, 3.63) is 72.3 Å². The Morgan fingerprint density at radius 1 is 1.09 bits per heavy atom. The van der Waals surface area contributed by atoms with E-state index in [1.54, 1.807) is 0 Å². The zero-order chi connectivity index (χ0) is 16.1. The number of hydrogen-bond donors (Lipinski definition) is 1. The van der Waals surface area contributed by atoms with E-state index in [1.165, 1.54) is 11.5 Å². The van der Waals surface area contributed by atoms with Crippen LogP contribution < -0.4 is 5.32 Å². The Balaban J connectivity index is 1.74. The molecular weight excluding hydrogens is 304 g/mol. The molecule has 3 rings (SSSR count). The summed E-state index contributed by atoms with van der Waals surface area (Å²) in [4.78, 5) is 12.6. The van der Waals surface area contributed by atoms with Crippen molar-refractivity contribution in [1.29, 1.82) is 0 Å². The summed E-state index contributed by atoms with van der Waals surface area (Å²) in [5, 5.41) is 3.78. The van der Waals surface area contributed by atoms with Crippen LogP contribution in [0.1, 0.15) is 24.8 Å². The van der Waals surface area contributed by atoms with Crippen LogP contribution >= 0.6 is 11.5 Å². The lowest BCUT2D eigenvalue weighted by molar-refractivity contribution is -0.117. The van der Waals surface area contributed by atoms with Crippen molar-refractivity contribution in [2.45, 2.75) is 19.3 Å². The Morgan fingerprint density at radius 3 is 2.39 bits per heavy atom. The van der Waals surface area contributed by atoms with Crippen LogP contribution in [0.3, 0.4) is 0 Å². The first-order chi connectivity index (χ1) is 11.3. The van der Waals surface area contributed by atoms with Gasteiger partial charge in [-0.2, -0.15) is 4.37 Å². The number of nitrogens with one attached hydrogen (secondary N) is 1. The van der Waals surface area contributed by atoms with Gasteiger partial charge in [0.25, 0.3) is 0 Å². The molecule has 1 N–H and O–H groups in total. The molecule has 1 unspecified atom stereocenters. The van der Waals surface area contributed by atoms with Gasteiger partial charge in [-0.1, -0.05) is 67.6 Å². The molecule has 0 radical (unpaired) electrons. The van der Waals surface area contributed by atoms with E-state index in [9.17, 15) is 4.79 Å². The molecular formula is C19H18N2OS. The fourth-order valence-corrected chi connectivity index (χ4v) is 3.21. The smallest absolute Gasteiger partial charge is 0.232 e. The quantitative estimate of drug-likeness (QED) is 0.722. The van der Waals surface area contributed by atoms with Gasteiger partial charge in [0.2, 0.25) is 5.91 Å². The SMILES string of the molecule is CCC(C(=O)Nc1cc(-c2ccccc2)ns1)c1ccccc1. The average molecular weight is 322 g/mol. The second-order valence-electron chi connectivity index (χ2n) is 5.30. The van der Waals surface area contributed by atoms with Crippen molar-refractivity contribution in [2.24, 2.45) is 0 Å². The first-order valence-corrected chi connectivity index (χ1v) is 8.43. The number of nitrogens with zero attached hydrogens (tertiary/aromatic N) is 1. The van der Waals surface area contributed by atoms with Gasteiger partial charge in [0.05, 0.1) is 11.6 Å². The minimum atomic E-state index is -0.140. The summed E-state index contributed by atoms with van der Waals surface area (Å²) in [6.07, 6.45) is 0.764. The van der Waals surface area contributed by atoms with Crippen LogP contribution in [0, 0.1) is 0 Å². The summed E-state index contributed by atoms with van der Waals surface area (Å²) in [6, 6.07) is 21.8. The molecule has 0 aliphatic heterocycles. The molecule has 0 saturated carbocycles. The molecule has 1 aromatic heterocycles. The van der Waals surface area contributed by atoms with Crippen LogP contribution in [0.4, 0.5) is 5.00 Å². The van der Waals surface area contributed by atoms with Gasteiger partial charge in [0.1, 0.15) is 5.00 Å². The summed E-state index contributed by atoms with van der Waals surface area (Å²) >= 11 is 1.31. The van der Waals surface area contributed by atoms with Crippen molar-refractivity contribution in [3.8, 4) is 11.3 Å². The molecule has 2 aromatic carbocycles. The lowest BCUT2D eigenvalue weighted by Crippen LogP contribution is -2.20. The molecule has 0 fully saturated rings. The molecule has 0 bridgehead atoms. The summed E-state index contributed by atoms with van der Waals surface area (Å²) in [5.41, 5.74) is 2.98. The Kier molecular flexibility index (Phi) is 4.83. The van der Waals surface area contributed by atoms with Gasteiger partial charge in [-0.05, 0) is 23.5 Å². The summed E-state index contributed by atoms with van der Waals surface area (Å²) in [7, 11) is 0. The Bertz CT molecular complexity index is 768. The monoisotopic (exact) mass is 322 g/mol. The minimum absolute atomic E-state index is 0.0157.